The maximum absolute atomic E-state index is 14.0. The molecule has 0 aromatic rings. The molecule has 1 spiro atoms. The Balaban J connectivity index is 1.16. The fourth-order valence-electron chi connectivity index (χ4n) is 10.5. The van der Waals surface area contributed by atoms with Crippen LogP contribution in [-0.4, -0.2) is 127 Å². The standard InChI is InChI=1S/C41H65NO11/c1-21-13-28-7-9-33-22(2)14-30(48-33)11-12-41-19-32(45)38(53-41)24(4)47-34-10-8-29(50-39(34)25(5)52-41)15-26(43)16-31-36(18-35(49-28)23(21)3)51-37(40(31)46-6)17-27(44)20-42/h21,24-25,27-40,44-45H,2-3,7-20,42H2,1,4-6H3/t21-,24-,25?,27?,28+,29?,30?,31?,32-,33?,34+,35-,36?,37-,38?,39-,40-,41-/m1/s1. The van der Waals surface area contributed by atoms with Gasteiger partial charge in [0.2, 0.25) is 0 Å². The van der Waals surface area contributed by atoms with Crippen LogP contribution in [0.3, 0.4) is 0 Å². The normalized spacial score (nSPS) is 49.1. The van der Waals surface area contributed by atoms with E-state index in [0.717, 1.165) is 36.8 Å². The van der Waals surface area contributed by atoms with Gasteiger partial charge in [0.05, 0.1) is 79.4 Å². The van der Waals surface area contributed by atoms with Gasteiger partial charge < -0.3 is 53.8 Å². The zero-order chi connectivity index (χ0) is 37.6. The predicted molar refractivity (Wildman–Crippen MR) is 195 cm³/mol. The fraction of sp³-hybridized carbons (Fsp3) is 0.878. The minimum atomic E-state index is -1.01. The van der Waals surface area contributed by atoms with E-state index >= 15 is 0 Å². The van der Waals surface area contributed by atoms with E-state index in [4.69, 9.17) is 43.6 Å². The van der Waals surface area contributed by atoms with Crippen LogP contribution in [0.1, 0.15) is 104 Å². The number of ether oxygens (including phenoxy) is 8. The molecular formula is C41H65NO11. The molecule has 12 nitrogen and oxygen atoms in total. The van der Waals surface area contributed by atoms with Gasteiger partial charge in [-0.25, -0.2) is 0 Å². The molecule has 0 radical (unpaired) electrons. The lowest BCUT2D eigenvalue weighted by atomic mass is 9.81. The average molecular weight is 748 g/mol. The number of hydrogen-bond acceptors (Lipinski definition) is 12. The van der Waals surface area contributed by atoms with Gasteiger partial charge >= 0.3 is 0 Å². The van der Waals surface area contributed by atoms with Crippen LogP contribution in [0.25, 0.3) is 0 Å². The third-order valence-electron chi connectivity index (χ3n) is 13.4. The van der Waals surface area contributed by atoms with Gasteiger partial charge in [0, 0.05) is 58.1 Å². The maximum atomic E-state index is 14.0. The van der Waals surface area contributed by atoms with Crippen molar-refractivity contribution in [1.29, 1.82) is 0 Å². The van der Waals surface area contributed by atoms with Gasteiger partial charge in [-0.3, -0.25) is 4.79 Å². The van der Waals surface area contributed by atoms with Crippen LogP contribution in [0.4, 0.5) is 0 Å². The highest BCUT2D eigenvalue weighted by molar-refractivity contribution is 5.79. The monoisotopic (exact) mass is 747 g/mol. The van der Waals surface area contributed by atoms with Gasteiger partial charge in [0.15, 0.2) is 5.79 Å². The topological polar surface area (TPSA) is 157 Å². The molecule has 7 fully saturated rings. The van der Waals surface area contributed by atoms with Gasteiger partial charge in [-0.2, -0.15) is 0 Å². The van der Waals surface area contributed by atoms with Crippen molar-refractivity contribution in [2.75, 3.05) is 13.7 Å². The second-order valence-electron chi connectivity index (χ2n) is 17.3. The average Bonchev–Trinajstić information content (AvgIpc) is 3.76. The molecule has 0 amide bonds. The quantitative estimate of drug-likeness (QED) is 0.355. The molecule has 8 unspecified atom stereocenters. The maximum Gasteiger partial charge on any atom is 0.172 e. The molecule has 0 saturated carbocycles. The summed E-state index contributed by atoms with van der Waals surface area (Å²) in [7, 11) is 1.65. The van der Waals surface area contributed by atoms with E-state index in [1.54, 1.807) is 7.11 Å². The van der Waals surface area contributed by atoms with Crippen molar-refractivity contribution >= 4 is 5.78 Å². The summed E-state index contributed by atoms with van der Waals surface area (Å²) in [6, 6.07) is 0. The summed E-state index contributed by atoms with van der Waals surface area (Å²) in [5.74, 6) is -0.912. The Bertz CT molecular complexity index is 1310. The third kappa shape index (κ3) is 8.68. The van der Waals surface area contributed by atoms with Crippen LogP contribution >= 0.6 is 0 Å². The molecule has 12 heteroatoms. The number of Topliss-reactive ketones (excluding diaryl/α,β-unsaturated/α-hetero) is 1. The molecule has 0 aromatic heterocycles. The van der Waals surface area contributed by atoms with E-state index < -0.39 is 48.5 Å². The van der Waals surface area contributed by atoms with Gasteiger partial charge in [0.1, 0.15) is 18.0 Å². The first-order valence-corrected chi connectivity index (χ1v) is 20.4. The van der Waals surface area contributed by atoms with E-state index in [2.05, 4.69) is 20.1 Å². The number of fused-ring (bicyclic) bond motifs is 8. The van der Waals surface area contributed by atoms with Crippen molar-refractivity contribution in [3.8, 4) is 0 Å². The molecule has 4 N–H and O–H groups in total. The van der Waals surface area contributed by atoms with Crippen LogP contribution in [0.2, 0.25) is 0 Å². The Labute approximate surface area is 315 Å². The molecule has 300 valence electrons. The molecule has 7 aliphatic rings. The van der Waals surface area contributed by atoms with Gasteiger partial charge in [-0.1, -0.05) is 20.1 Å². The van der Waals surface area contributed by atoms with Crippen LogP contribution in [-0.2, 0) is 42.7 Å². The first-order valence-electron chi connectivity index (χ1n) is 20.4. The molecule has 53 heavy (non-hydrogen) atoms. The third-order valence-corrected chi connectivity index (χ3v) is 13.4. The molecule has 7 heterocycles. The largest absolute Gasteiger partial charge is 0.392 e. The minimum absolute atomic E-state index is 0.0192. The van der Waals surface area contributed by atoms with Crippen LogP contribution < -0.4 is 5.73 Å². The summed E-state index contributed by atoms with van der Waals surface area (Å²) >= 11 is 0. The highest BCUT2D eigenvalue weighted by Crippen LogP contribution is 2.45. The smallest absolute Gasteiger partial charge is 0.172 e. The van der Waals surface area contributed by atoms with Crippen molar-refractivity contribution in [3.05, 3.63) is 24.3 Å². The molecule has 18 atom stereocenters. The highest BCUT2D eigenvalue weighted by atomic mass is 16.7. The summed E-state index contributed by atoms with van der Waals surface area (Å²) < 4.78 is 52.9. The molecule has 7 saturated heterocycles. The van der Waals surface area contributed by atoms with Gasteiger partial charge in [-0.05, 0) is 75.9 Å². The van der Waals surface area contributed by atoms with Crippen molar-refractivity contribution in [3.63, 3.8) is 0 Å². The van der Waals surface area contributed by atoms with Gasteiger partial charge in [0.25, 0.3) is 0 Å². The van der Waals surface area contributed by atoms with Crippen LogP contribution in [0, 0.1) is 11.8 Å². The number of hydrogen-bond donors (Lipinski definition) is 3. The van der Waals surface area contributed by atoms with E-state index in [-0.39, 0.29) is 85.8 Å². The zero-order valence-corrected chi connectivity index (χ0v) is 32.3. The number of carbonyl (C=O) groups excluding carboxylic acids is 1. The van der Waals surface area contributed by atoms with Crippen molar-refractivity contribution in [2.24, 2.45) is 17.6 Å². The summed E-state index contributed by atoms with van der Waals surface area (Å²) in [4.78, 5) is 14.0. The molecule has 7 rings (SSSR count). The number of aliphatic hydroxyl groups excluding tert-OH is 2. The number of ketones is 1. The Morgan fingerprint density at radius 2 is 1.60 bits per heavy atom. The van der Waals surface area contributed by atoms with Crippen LogP contribution in [0.5, 0.6) is 0 Å². The van der Waals surface area contributed by atoms with Crippen LogP contribution in [0.15, 0.2) is 24.3 Å². The summed E-state index contributed by atoms with van der Waals surface area (Å²) in [5.41, 5.74) is 7.95. The highest BCUT2D eigenvalue weighted by Gasteiger charge is 2.54. The van der Waals surface area contributed by atoms with Gasteiger partial charge in [-0.15, -0.1) is 0 Å². The van der Waals surface area contributed by atoms with Crippen molar-refractivity contribution < 1.29 is 52.9 Å². The van der Waals surface area contributed by atoms with E-state index in [9.17, 15) is 15.0 Å². The lowest BCUT2D eigenvalue weighted by molar-refractivity contribution is -0.271. The molecule has 0 aliphatic carbocycles. The first-order chi connectivity index (χ1) is 25.3. The predicted octanol–water partition coefficient (Wildman–Crippen LogP) is 4.06. The Hall–Kier alpha value is -1.29. The Morgan fingerprint density at radius 3 is 2.38 bits per heavy atom. The number of rotatable bonds is 4. The minimum Gasteiger partial charge on any atom is -0.392 e. The van der Waals surface area contributed by atoms with Crippen molar-refractivity contribution in [1.82, 2.24) is 0 Å². The SMILES string of the molecule is C=C1CC2CC[C@]34C[C@@H](O)C(O3)[C@@H](C)O[C@H]3CCC(CC(=O)CC5C(C[C@H]6O[C@@H](CCC1O2)C[C@@H](C)C6=C)O[C@H](CC(O)CN)[C@@H]5OC)O[C@@H]3C(C)O4. The fourth-order valence-corrected chi connectivity index (χ4v) is 10.5. The molecule has 8 bridgehead atoms. The van der Waals surface area contributed by atoms with E-state index in [1.165, 1.54) is 0 Å². The van der Waals surface area contributed by atoms with Crippen molar-refractivity contribution in [2.45, 2.75) is 202 Å². The Morgan fingerprint density at radius 1 is 0.849 bits per heavy atom. The summed E-state index contributed by atoms with van der Waals surface area (Å²) in [6.45, 7) is 15.1. The number of aliphatic hydroxyl groups is 2. The number of nitrogens with two attached hydrogens (primary N) is 1. The Kier molecular flexibility index (Phi) is 12.6. The summed E-state index contributed by atoms with van der Waals surface area (Å²) in [5, 5.41) is 21.7. The van der Waals surface area contributed by atoms with E-state index in [0.29, 0.717) is 44.9 Å². The summed E-state index contributed by atoms with van der Waals surface area (Å²) in [6.07, 6.45) is 2.44. The number of carbonyl (C=O) groups is 1. The molecule has 7 aliphatic heterocycles. The lowest BCUT2D eigenvalue weighted by Gasteiger charge is -2.42. The zero-order valence-electron chi connectivity index (χ0n) is 32.3. The first kappa shape index (κ1) is 39.9. The molecule has 0 aromatic carbocycles. The number of methoxy groups -OCH3 is 1. The van der Waals surface area contributed by atoms with E-state index in [1.807, 2.05) is 13.8 Å². The molecular weight excluding hydrogens is 682 g/mol. The second-order valence-corrected chi connectivity index (χ2v) is 17.3. The lowest BCUT2D eigenvalue weighted by Crippen LogP contribution is -2.51. The second kappa shape index (κ2) is 16.7.